The third-order valence-electron chi connectivity index (χ3n) is 4.83. The van der Waals surface area contributed by atoms with Gasteiger partial charge in [-0.2, -0.15) is 8.78 Å². The first-order chi connectivity index (χ1) is 15.0. The van der Waals surface area contributed by atoms with Crippen molar-refractivity contribution in [2.24, 2.45) is 10.7 Å². The van der Waals surface area contributed by atoms with E-state index in [4.69, 9.17) is 21.8 Å². The monoisotopic (exact) mass is 501 g/mol. The Morgan fingerprint density at radius 1 is 1.34 bits per heavy atom. The van der Waals surface area contributed by atoms with E-state index in [1.165, 1.54) is 39.9 Å². The second kappa shape index (κ2) is 8.01. The number of hydrogen-bond acceptors (Lipinski definition) is 8. The van der Waals surface area contributed by atoms with Gasteiger partial charge in [-0.3, -0.25) is 4.31 Å². The van der Waals surface area contributed by atoms with Crippen molar-refractivity contribution in [2.75, 3.05) is 12.8 Å². The van der Waals surface area contributed by atoms with Crippen molar-refractivity contribution < 1.29 is 22.1 Å². The molecule has 2 atom stereocenters. The van der Waals surface area contributed by atoms with Gasteiger partial charge in [-0.05, 0) is 43.1 Å². The van der Waals surface area contributed by atoms with Crippen LogP contribution < -0.4 is 10.5 Å². The Hall–Kier alpha value is -2.70. The normalized spacial score (nSPS) is 23.4. The minimum absolute atomic E-state index is 0.0198. The van der Waals surface area contributed by atoms with Gasteiger partial charge in [0.1, 0.15) is 11.3 Å². The minimum Gasteiger partial charge on any atom is -0.435 e. The third kappa shape index (κ3) is 4.17. The molecule has 8 nitrogen and oxygen atoms in total. The minimum atomic E-state index is -2.91. The number of hydrogen-bond donors (Lipinski definition) is 1. The van der Waals surface area contributed by atoms with Crippen LogP contribution in [0.25, 0.3) is 22.2 Å². The van der Waals surface area contributed by atoms with Gasteiger partial charge in [0, 0.05) is 12.6 Å². The van der Waals surface area contributed by atoms with Crippen molar-refractivity contribution in [1.82, 2.24) is 14.5 Å². The number of aromatic nitrogens is 2. The molecule has 1 aliphatic rings. The number of aliphatic imine (C=N–C) groups is 1. The summed E-state index contributed by atoms with van der Waals surface area (Å²) in [7, 11) is -1.08. The van der Waals surface area contributed by atoms with E-state index in [1.54, 1.807) is 20.0 Å². The average Bonchev–Trinajstić information content (AvgIpc) is 3.33. The Balaban J connectivity index is 1.64. The first-order valence-electron chi connectivity index (χ1n) is 9.11. The molecule has 1 unspecified atom stereocenters. The zero-order valence-corrected chi connectivity index (χ0v) is 19.3. The van der Waals surface area contributed by atoms with Gasteiger partial charge in [-0.15, -0.1) is 21.5 Å². The number of alkyl halides is 2. The zero-order valence-electron chi connectivity index (χ0n) is 16.9. The highest BCUT2D eigenvalue weighted by molar-refractivity contribution is 7.98. The maximum Gasteiger partial charge on any atom is 0.387 e. The van der Waals surface area contributed by atoms with Gasteiger partial charge in [-0.25, -0.2) is 9.20 Å². The van der Waals surface area contributed by atoms with Gasteiger partial charge in [0.05, 0.1) is 30.2 Å². The number of rotatable bonds is 5. The number of guanidine groups is 1. The summed E-state index contributed by atoms with van der Waals surface area (Å²) in [6.07, 6.45) is 0. The molecule has 0 radical (unpaired) electrons. The molecule has 3 aromatic rings. The number of nitrogens with two attached hydrogens (primary N) is 1. The van der Waals surface area contributed by atoms with Crippen LogP contribution in [0.4, 0.5) is 8.78 Å². The molecular weight excluding hydrogens is 484 g/mol. The fourth-order valence-corrected chi connectivity index (χ4v) is 6.55. The van der Waals surface area contributed by atoms with Crippen molar-refractivity contribution in [3.8, 4) is 28.0 Å². The summed E-state index contributed by atoms with van der Waals surface area (Å²) in [5.41, 5.74) is 5.57. The largest absolute Gasteiger partial charge is 0.435 e. The van der Waals surface area contributed by atoms with Gasteiger partial charge >= 0.3 is 6.61 Å². The van der Waals surface area contributed by atoms with Crippen molar-refractivity contribution in [1.29, 1.82) is 0 Å². The highest BCUT2D eigenvalue weighted by Crippen LogP contribution is 2.44. The van der Waals surface area contributed by atoms with Crippen LogP contribution in [0.3, 0.4) is 0 Å². The summed E-state index contributed by atoms with van der Waals surface area (Å²) in [4.78, 5) is 5.74. The second-order valence-corrected chi connectivity index (χ2v) is 11.1. The number of ether oxygens (including phenoxy) is 1. The Morgan fingerprint density at radius 3 is 2.62 bits per heavy atom. The lowest BCUT2D eigenvalue weighted by atomic mass is 10.0. The molecule has 0 amide bonds. The zero-order chi connectivity index (χ0) is 23.3. The van der Waals surface area contributed by atoms with E-state index in [9.17, 15) is 13.0 Å². The number of thiophene rings is 1. The molecule has 2 aromatic heterocycles. The van der Waals surface area contributed by atoms with E-state index in [2.05, 4.69) is 25.8 Å². The quantitative estimate of drug-likeness (QED) is 0.532. The number of benzene rings is 1. The third-order valence-corrected chi connectivity index (χ3v) is 8.81. The lowest BCUT2D eigenvalue weighted by Gasteiger charge is -2.36. The molecule has 0 saturated heterocycles. The summed E-state index contributed by atoms with van der Waals surface area (Å²) in [6.45, 7) is -1.11. The average molecular weight is 502 g/mol. The van der Waals surface area contributed by atoms with E-state index < -0.39 is 21.9 Å². The lowest BCUT2D eigenvalue weighted by Crippen LogP contribution is -2.50. The van der Waals surface area contributed by atoms with Crippen molar-refractivity contribution in [2.45, 2.75) is 19.1 Å². The molecule has 4 rings (SSSR count). The van der Waals surface area contributed by atoms with Crippen LogP contribution in [0, 0.1) is 0 Å². The Labute approximate surface area is 191 Å². The Bertz CT molecular complexity index is 1290. The first-order valence-corrected chi connectivity index (χ1v) is 12.2. The molecule has 13 heteroatoms. The molecule has 0 spiro atoms. The smallest absolute Gasteiger partial charge is 0.387 e. The predicted molar refractivity (Wildman–Crippen MR) is 122 cm³/mol. The van der Waals surface area contributed by atoms with Crippen molar-refractivity contribution in [3.05, 3.63) is 40.2 Å². The maximum absolute atomic E-state index is 12.9. The van der Waals surface area contributed by atoms with Gasteiger partial charge in [0.25, 0.3) is 5.89 Å². The number of halogens is 3. The van der Waals surface area contributed by atoms with Gasteiger partial charge in [0.2, 0.25) is 11.9 Å². The fourth-order valence-electron chi connectivity index (χ4n) is 3.24. The first kappa shape index (κ1) is 22.5. The molecule has 32 heavy (non-hydrogen) atoms. The molecule has 1 aromatic carbocycles. The SMILES string of the molecule is C=S1(=O)C[C@@](C)(c2sc(-c3nnc(-c4ccc(OC(F)F)cc4)o3)cc2Cl)N=C(N)N1C. The molecule has 3 heterocycles. The fraction of sp³-hybridized carbons (Fsp3) is 0.263. The molecule has 0 bridgehead atoms. The molecule has 0 aliphatic carbocycles. The molecule has 0 fully saturated rings. The van der Waals surface area contributed by atoms with Crippen LogP contribution in [0.15, 0.2) is 39.7 Å². The summed E-state index contributed by atoms with van der Waals surface area (Å²) in [6, 6.07) is 7.49. The van der Waals surface area contributed by atoms with Gasteiger partial charge in [-0.1, -0.05) is 11.6 Å². The van der Waals surface area contributed by atoms with Crippen molar-refractivity contribution >= 4 is 44.5 Å². The van der Waals surface area contributed by atoms with Crippen LogP contribution in [0.1, 0.15) is 11.8 Å². The van der Waals surface area contributed by atoms with E-state index >= 15 is 0 Å². The molecule has 1 aliphatic heterocycles. The highest BCUT2D eigenvalue weighted by Gasteiger charge is 2.40. The highest BCUT2D eigenvalue weighted by atomic mass is 35.5. The lowest BCUT2D eigenvalue weighted by molar-refractivity contribution is -0.0498. The predicted octanol–water partition coefficient (Wildman–Crippen LogP) is 3.83. The van der Waals surface area contributed by atoms with Gasteiger partial charge < -0.3 is 14.9 Å². The van der Waals surface area contributed by atoms with Crippen LogP contribution in [0.2, 0.25) is 5.02 Å². The van der Waals surface area contributed by atoms with E-state index in [0.29, 0.717) is 20.3 Å². The number of nitrogens with zero attached hydrogens (tertiary/aromatic N) is 4. The standard InChI is InChI=1S/C19H18ClF2N5O3S2/c1-19(9-32(3,28)27(2)18(23)24-19)14-12(20)8-13(31-14)16-26-25-15(30-16)10-4-6-11(7-5-10)29-17(21)22/h4-8,17H,3,9H2,1-2H3,(H2,23,24)/t19-,32?/m0/s1. The van der Waals surface area contributed by atoms with Crippen LogP contribution in [-0.4, -0.2) is 50.0 Å². The van der Waals surface area contributed by atoms with E-state index in [-0.39, 0.29) is 29.2 Å². The molecular formula is C19H18ClF2N5O3S2. The summed E-state index contributed by atoms with van der Waals surface area (Å²) in [5, 5.41) is 8.47. The molecule has 0 saturated carbocycles. The Kier molecular flexibility index (Phi) is 5.63. The topological polar surface area (TPSA) is 107 Å². The van der Waals surface area contributed by atoms with Crippen LogP contribution in [0.5, 0.6) is 5.75 Å². The molecule has 2 N–H and O–H groups in total. The second-order valence-electron chi connectivity index (χ2n) is 7.26. The summed E-state index contributed by atoms with van der Waals surface area (Å²) in [5.74, 6) is 4.49. The van der Waals surface area contributed by atoms with E-state index in [1.807, 2.05) is 0 Å². The Morgan fingerprint density at radius 2 is 2.00 bits per heavy atom. The molecule has 170 valence electrons. The summed E-state index contributed by atoms with van der Waals surface area (Å²) < 4.78 is 49.0. The van der Waals surface area contributed by atoms with E-state index in [0.717, 1.165) is 0 Å². The van der Waals surface area contributed by atoms with Crippen LogP contribution >= 0.6 is 22.9 Å². The summed E-state index contributed by atoms with van der Waals surface area (Å²) >= 11 is 7.76. The van der Waals surface area contributed by atoms with Crippen molar-refractivity contribution in [3.63, 3.8) is 0 Å². The maximum atomic E-state index is 12.9. The van der Waals surface area contributed by atoms with Gasteiger partial charge in [0.15, 0.2) is 0 Å². The van der Waals surface area contributed by atoms with Crippen LogP contribution in [-0.2, 0) is 15.2 Å².